The highest BCUT2D eigenvalue weighted by Crippen LogP contribution is 2.33. The van der Waals surface area contributed by atoms with Crippen molar-refractivity contribution in [1.82, 2.24) is 14.3 Å². The molecule has 37 heavy (non-hydrogen) atoms. The summed E-state index contributed by atoms with van der Waals surface area (Å²) >= 11 is 0. The second-order valence-electron chi connectivity index (χ2n) is 9.93. The maximum atomic E-state index is 15.5. The molecule has 2 heterocycles. The zero-order valence-electron chi connectivity index (χ0n) is 20.8. The average Bonchev–Trinajstić information content (AvgIpc) is 3.23. The molecule has 1 aliphatic carbocycles. The van der Waals surface area contributed by atoms with Crippen molar-refractivity contribution in [3.05, 3.63) is 63.8 Å². The molecule has 3 N–H and O–H groups in total. The first-order chi connectivity index (χ1) is 17.8. The van der Waals surface area contributed by atoms with Crippen LogP contribution in [0.4, 0.5) is 20.2 Å². The smallest absolute Gasteiger partial charge is 0.350 e. The molecule has 0 bridgehead atoms. The third-order valence-corrected chi connectivity index (χ3v) is 7.38. The van der Waals surface area contributed by atoms with Crippen LogP contribution in [-0.4, -0.2) is 26.4 Å². The molecule has 0 unspecified atom stereocenters. The van der Waals surface area contributed by atoms with Crippen LogP contribution in [0.15, 0.2) is 35.1 Å². The molecular weight excluding hydrogens is 480 g/mol. The number of nitrogens with one attached hydrogen (secondary N) is 1. The third kappa shape index (κ3) is 5.10. The molecular formula is C27H31F2N5O3. The zero-order valence-corrected chi connectivity index (χ0v) is 20.8. The SMILES string of the molecule is C[C@H](Oc1cc(-n2nc3n(c2=O)CCCC3)c(F)cc1C(=O)Nc1ccc(F)cc1N)C1CCCCC1. The van der Waals surface area contributed by atoms with Crippen LogP contribution < -0.4 is 21.5 Å². The molecule has 10 heteroatoms. The lowest BCUT2D eigenvalue weighted by Gasteiger charge is -2.29. The number of anilines is 2. The number of hydrogen-bond donors (Lipinski definition) is 2. The molecule has 1 aliphatic heterocycles. The monoisotopic (exact) mass is 511 g/mol. The Morgan fingerprint density at radius 1 is 1.14 bits per heavy atom. The molecule has 8 nitrogen and oxygen atoms in total. The summed E-state index contributed by atoms with van der Waals surface area (Å²) in [6.45, 7) is 2.48. The number of halogens is 2. The maximum Gasteiger partial charge on any atom is 0.350 e. The van der Waals surface area contributed by atoms with E-state index in [4.69, 9.17) is 10.5 Å². The predicted molar refractivity (Wildman–Crippen MR) is 136 cm³/mol. The van der Waals surface area contributed by atoms with Gasteiger partial charge in [-0.15, -0.1) is 5.10 Å². The summed E-state index contributed by atoms with van der Waals surface area (Å²) in [6, 6.07) is 6.03. The third-order valence-electron chi connectivity index (χ3n) is 7.38. The molecule has 2 aliphatic rings. The molecule has 0 spiro atoms. The van der Waals surface area contributed by atoms with Crippen LogP contribution in [0.25, 0.3) is 5.69 Å². The largest absolute Gasteiger partial charge is 0.490 e. The van der Waals surface area contributed by atoms with Crippen LogP contribution in [0.3, 0.4) is 0 Å². The topological polar surface area (TPSA) is 104 Å². The number of ether oxygens (including phenoxy) is 1. The van der Waals surface area contributed by atoms with Crippen molar-refractivity contribution >= 4 is 17.3 Å². The van der Waals surface area contributed by atoms with Crippen molar-refractivity contribution in [3.63, 3.8) is 0 Å². The fourth-order valence-corrected chi connectivity index (χ4v) is 5.27. The molecule has 196 valence electrons. The number of fused-ring (bicyclic) bond motifs is 1. The van der Waals surface area contributed by atoms with E-state index in [0.29, 0.717) is 24.7 Å². The molecule has 1 aromatic heterocycles. The summed E-state index contributed by atoms with van der Waals surface area (Å²) in [4.78, 5) is 26.3. The first-order valence-electron chi connectivity index (χ1n) is 12.9. The number of rotatable bonds is 6. The molecule has 5 rings (SSSR count). The number of benzene rings is 2. The number of nitrogen functional groups attached to an aromatic ring is 1. The number of aryl methyl sites for hydroxylation is 1. The normalized spacial score (nSPS) is 16.7. The van der Waals surface area contributed by atoms with E-state index in [2.05, 4.69) is 10.4 Å². The van der Waals surface area contributed by atoms with E-state index in [9.17, 15) is 14.0 Å². The summed E-state index contributed by atoms with van der Waals surface area (Å²) in [6.07, 6.45) is 7.62. The van der Waals surface area contributed by atoms with Crippen molar-refractivity contribution in [2.75, 3.05) is 11.1 Å². The van der Waals surface area contributed by atoms with Crippen molar-refractivity contribution in [2.24, 2.45) is 5.92 Å². The predicted octanol–water partition coefficient (Wildman–Crippen LogP) is 4.83. The van der Waals surface area contributed by atoms with Crippen molar-refractivity contribution in [1.29, 1.82) is 0 Å². The molecule has 2 aromatic carbocycles. The fourth-order valence-electron chi connectivity index (χ4n) is 5.27. The maximum absolute atomic E-state index is 15.5. The Labute approximate surface area is 213 Å². The lowest BCUT2D eigenvalue weighted by Crippen LogP contribution is -2.28. The van der Waals surface area contributed by atoms with Crippen molar-refractivity contribution < 1.29 is 18.3 Å². The Bertz CT molecular complexity index is 1380. The van der Waals surface area contributed by atoms with Gasteiger partial charge in [0, 0.05) is 19.0 Å². The van der Waals surface area contributed by atoms with Gasteiger partial charge in [0.15, 0.2) is 0 Å². The van der Waals surface area contributed by atoms with E-state index < -0.39 is 23.2 Å². The van der Waals surface area contributed by atoms with E-state index in [0.717, 1.165) is 55.3 Å². The van der Waals surface area contributed by atoms with Gasteiger partial charge in [-0.05, 0) is 62.8 Å². The van der Waals surface area contributed by atoms with Gasteiger partial charge in [-0.3, -0.25) is 9.36 Å². The van der Waals surface area contributed by atoms with E-state index >= 15 is 4.39 Å². The number of aromatic nitrogens is 3. The van der Waals surface area contributed by atoms with Crippen LogP contribution in [0, 0.1) is 17.6 Å². The standard InChI is InChI=1S/C27H31F2N5O3/c1-16(17-7-3-2-4-8-17)37-24-15-23(34-27(36)33-12-6-5-9-25(33)32-34)20(29)14-19(24)26(35)31-22-11-10-18(28)13-21(22)30/h10-11,13-17H,2-9,12,30H2,1H3,(H,31,35)/t16-/m0/s1. The molecule has 0 radical (unpaired) electrons. The molecule has 1 atom stereocenters. The van der Waals surface area contributed by atoms with Gasteiger partial charge in [-0.25, -0.2) is 13.6 Å². The minimum atomic E-state index is -0.785. The Balaban J connectivity index is 1.53. The highest BCUT2D eigenvalue weighted by atomic mass is 19.1. The van der Waals surface area contributed by atoms with E-state index in [1.807, 2.05) is 6.92 Å². The van der Waals surface area contributed by atoms with Gasteiger partial charge in [0.2, 0.25) is 0 Å². The van der Waals surface area contributed by atoms with Crippen molar-refractivity contribution in [3.8, 4) is 11.4 Å². The van der Waals surface area contributed by atoms with Gasteiger partial charge in [-0.2, -0.15) is 4.68 Å². The van der Waals surface area contributed by atoms with Crippen LogP contribution >= 0.6 is 0 Å². The molecule has 1 saturated carbocycles. The Hall–Kier alpha value is -3.69. The second kappa shape index (κ2) is 10.4. The van der Waals surface area contributed by atoms with E-state index in [-0.39, 0.29) is 34.5 Å². The number of amides is 1. The lowest BCUT2D eigenvalue weighted by molar-refractivity contribution is 0.0997. The average molecular weight is 512 g/mol. The molecule has 0 saturated heterocycles. The number of nitrogens with two attached hydrogens (primary N) is 1. The number of hydrogen-bond acceptors (Lipinski definition) is 5. The number of carbonyl (C=O) groups is 1. The Morgan fingerprint density at radius 2 is 1.92 bits per heavy atom. The van der Waals surface area contributed by atoms with Gasteiger partial charge < -0.3 is 15.8 Å². The highest BCUT2D eigenvalue weighted by molar-refractivity contribution is 6.07. The number of nitrogens with zero attached hydrogens (tertiary/aromatic N) is 3. The van der Waals surface area contributed by atoms with Crippen LogP contribution in [0.5, 0.6) is 5.75 Å². The van der Waals surface area contributed by atoms with E-state index in [1.165, 1.54) is 24.6 Å². The van der Waals surface area contributed by atoms with Crippen LogP contribution in [-0.2, 0) is 13.0 Å². The molecule has 1 amide bonds. The van der Waals surface area contributed by atoms with Crippen LogP contribution in [0.1, 0.15) is 68.1 Å². The van der Waals surface area contributed by atoms with Gasteiger partial charge >= 0.3 is 5.69 Å². The van der Waals surface area contributed by atoms with Gasteiger partial charge in [0.1, 0.15) is 28.9 Å². The summed E-state index contributed by atoms with van der Waals surface area (Å²) in [5.74, 6) is -0.927. The van der Waals surface area contributed by atoms with Crippen molar-refractivity contribution in [2.45, 2.75) is 70.9 Å². The van der Waals surface area contributed by atoms with Crippen LogP contribution in [0.2, 0.25) is 0 Å². The summed E-state index contributed by atoms with van der Waals surface area (Å²) < 4.78 is 37.8. The minimum absolute atomic E-state index is 0.0404. The van der Waals surface area contributed by atoms with Gasteiger partial charge in [0.25, 0.3) is 5.91 Å². The first kappa shape index (κ1) is 25.0. The summed E-state index contributed by atoms with van der Waals surface area (Å²) in [5.41, 5.74) is 5.54. The second-order valence-corrected chi connectivity index (χ2v) is 9.93. The minimum Gasteiger partial charge on any atom is -0.490 e. The summed E-state index contributed by atoms with van der Waals surface area (Å²) in [7, 11) is 0. The first-order valence-corrected chi connectivity index (χ1v) is 12.9. The lowest BCUT2D eigenvalue weighted by atomic mass is 9.86. The summed E-state index contributed by atoms with van der Waals surface area (Å²) in [5, 5.41) is 6.99. The van der Waals surface area contributed by atoms with E-state index in [1.54, 1.807) is 4.57 Å². The Morgan fingerprint density at radius 3 is 2.65 bits per heavy atom. The Kier molecular flexibility index (Phi) is 6.99. The molecule has 1 fully saturated rings. The zero-order chi connectivity index (χ0) is 26.1. The van der Waals surface area contributed by atoms with Gasteiger partial charge in [-0.1, -0.05) is 19.3 Å². The van der Waals surface area contributed by atoms with Gasteiger partial charge in [0.05, 0.1) is 23.0 Å². The highest BCUT2D eigenvalue weighted by Gasteiger charge is 2.27. The fraction of sp³-hybridized carbons (Fsp3) is 0.444. The quantitative estimate of drug-likeness (QED) is 0.462. The number of carbonyl (C=O) groups excluding carboxylic acids is 1. The molecule has 3 aromatic rings.